The van der Waals surface area contributed by atoms with Gasteiger partial charge in [-0.2, -0.15) is 0 Å². The number of rotatable bonds is 4. The van der Waals surface area contributed by atoms with Gasteiger partial charge in [-0.3, -0.25) is 0 Å². The summed E-state index contributed by atoms with van der Waals surface area (Å²) >= 11 is 0. The highest BCUT2D eigenvalue weighted by molar-refractivity contribution is 5.72. The highest BCUT2D eigenvalue weighted by Gasteiger charge is 2.26. The number of tetrazole rings is 1. The van der Waals surface area contributed by atoms with Gasteiger partial charge in [-0.05, 0) is 43.3 Å². The maximum absolute atomic E-state index is 6.03. The van der Waals surface area contributed by atoms with Crippen LogP contribution in [0.1, 0.15) is 19.4 Å². The molecule has 1 aromatic carbocycles. The normalized spacial score (nSPS) is 11.8. The molecule has 2 rings (SSSR count). The summed E-state index contributed by atoms with van der Waals surface area (Å²) in [5.41, 5.74) is 8.30. The van der Waals surface area contributed by atoms with Gasteiger partial charge in [0.15, 0.2) is 5.82 Å². The number of benzene rings is 1. The van der Waals surface area contributed by atoms with Gasteiger partial charge in [-0.25, -0.2) is 4.68 Å². The van der Waals surface area contributed by atoms with Crippen LogP contribution in [0.15, 0.2) is 18.2 Å². The number of hydrogen-bond donors (Lipinski definition) is 1. The molecule has 0 aliphatic carbocycles. The van der Waals surface area contributed by atoms with Crippen molar-refractivity contribution < 1.29 is 4.74 Å². The lowest BCUT2D eigenvalue weighted by molar-refractivity contribution is 0.101. The van der Waals surface area contributed by atoms with E-state index in [9.17, 15) is 0 Å². The first-order chi connectivity index (χ1) is 8.95. The van der Waals surface area contributed by atoms with E-state index in [0.29, 0.717) is 18.1 Å². The second-order valence-corrected chi connectivity index (χ2v) is 5.25. The number of ether oxygens (including phenoxy) is 1. The molecule has 1 aromatic heterocycles. The number of methoxy groups -OCH3 is 1. The molecule has 0 atom stereocenters. The Morgan fingerprint density at radius 2 is 2.11 bits per heavy atom. The van der Waals surface area contributed by atoms with E-state index in [1.54, 1.807) is 11.8 Å². The number of nitrogens with two attached hydrogens (primary N) is 1. The van der Waals surface area contributed by atoms with Gasteiger partial charge in [0.1, 0.15) is 0 Å². The van der Waals surface area contributed by atoms with Crippen LogP contribution >= 0.6 is 0 Å². The fraction of sp³-hybridized carbons (Fsp3) is 0.462. The van der Waals surface area contributed by atoms with Crippen LogP contribution in [0.3, 0.4) is 0 Å². The van der Waals surface area contributed by atoms with Crippen molar-refractivity contribution in [3.05, 3.63) is 23.8 Å². The average molecular weight is 261 g/mol. The van der Waals surface area contributed by atoms with Crippen LogP contribution in [-0.2, 0) is 10.3 Å². The van der Waals surface area contributed by atoms with Gasteiger partial charge < -0.3 is 10.5 Å². The van der Waals surface area contributed by atoms with Crippen LogP contribution in [-0.4, -0.2) is 33.9 Å². The SMILES string of the molecule is COCC(C)(C)n1nnnc1-c1cc(C)ccc1N. The van der Waals surface area contributed by atoms with Crippen molar-refractivity contribution >= 4 is 5.69 Å². The van der Waals surface area contributed by atoms with Crippen LogP contribution in [0.4, 0.5) is 5.69 Å². The van der Waals surface area contributed by atoms with E-state index in [1.807, 2.05) is 39.0 Å². The molecule has 0 spiro atoms. The van der Waals surface area contributed by atoms with E-state index in [1.165, 1.54) is 0 Å². The van der Waals surface area contributed by atoms with Crippen molar-refractivity contribution in [1.82, 2.24) is 20.2 Å². The molecule has 0 unspecified atom stereocenters. The number of aromatic nitrogens is 4. The first-order valence-electron chi connectivity index (χ1n) is 6.10. The van der Waals surface area contributed by atoms with Crippen molar-refractivity contribution in [1.29, 1.82) is 0 Å². The van der Waals surface area contributed by atoms with Crippen molar-refractivity contribution in [3.8, 4) is 11.4 Å². The predicted molar refractivity (Wildman–Crippen MR) is 73.6 cm³/mol. The second-order valence-electron chi connectivity index (χ2n) is 5.25. The number of nitrogens with zero attached hydrogens (tertiary/aromatic N) is 4. The van der Waals surface area contributed by atoms with Gasteiger partial charge >= 0.3 is 0 Å². The van der Waals surface area contributed by atoms with E-state index in [0.717, 1.165) is 11.1 Å². The van der Waals surface area contributed by atoms with Gasteiger partial charge in [-0.1, -0.05) is 11.6 Å². The minimum atomic E-state index is -0.343. The van der Waals surface area contributed by atoms with E-state index in [4.69, 9.17) is 10.5 Å². The maximum Gasteiger partial charge on any atom is 0.184 e. The molecular weight excluding hydrogens is 242 g/mol. The number of aryl methyl sites for hydroxylation is 1. The molecule has 0 amide bonds. The topological polar surface area (TPSA) is 78.8 Å². The summed E-state index contributed by atoms with van der Waals surface area (Å²) in [6, 6.07) is 5.82. The number of nitrogen functional groups attached to an aromatic ring is 1. The second kappa shape index (κ2) is 4.97. The fourth-order valence-electron chi connectivity index (χ4n) is 2.04. The third-order valence-corrected chi connectivity index (χ3v) is 2.99. The largest absolute Gasteiger partial charge is 0.398 e. The van der Waals surface area contributed by atoms with Crippen LogP contribution in [0, 0.1) is 6.92 Å². The van der Waals surface area contributed by atoms with Gasteiger partial charge in [0.25, 0.3) is 0 Å². The average Bonchev–Trinajstić information content (AvgIpc) is 2.82. The zero-order valence-electron chi connectivity index (χ0n) is 11.7. The third-order valence-electron chi connectivity index (χ3n) is 2.99. The van der Waals surface area contributed by atoms with Crippen molar-refractivity contribution in [2.75, 3.05) is 19.5 Å². The Morgan fingerprint density at radius 3 is 2.79 bits per heavy atom. The molecule has 0 saturated carbocycles. The van der Waals surface area contributed by atoms with Gasteiger partial charge in [0.2, 0.25) is 0 Å². The summed E-state index contributed by atoms with van der Waals surface area (Å²) in [6.07, 6.45) is 0. The smallest absolute Gasteiger partial charge is 0.184 e. The lowest BCUT2D eigenvalue weighted by Gasteiger charge is -2.25. The Bertz CT molecular complexity index is 576. The Morgan fingerprint density at radius 1 is 1.37 bits per heavy atom. The van der Waals surface area contributed by atoms with Crippen molar-refractivity contribution in [2.45, 2.75) is 26.3 Å². The first-order valence-corrected chi connectivity index (χ1v) is 6.10. The molecule has 0 radical (unpaired) electrons. The van der Waals surface area contributed by atoms with Crippen LogP contribution in [0.2, 0.25) is 0 Å². The van der Waals surface area contributed by atoms with Gasteiger partial charge in [0.05, 0.1) is 12.1 Å². The molecule has 0 saturated heterocycles. The van der Waals surface area contributed by atoms with E-state index in [-0.39, 0.29) is 5.54 Å². The van der Waals surface area contributed by atoms with Crippen LogP contribution in [0.25, 0.3) is 11.4 Å². The number of hydrogen-bond acceptors (Lipinski definition) is 5. The summed E-state index contributed by atoms with van der Waals surface area (Å²) in [4.78, 5) is 0. The van der Waals surface area contributed by atoms with Gasteiger partial charge in [0, 0.05) is 18.4 Å². The molecule has 1 heterocycles. The molecular formula is C13H19N5O. The summed E-state index contributed by atoms with van der Waals surface area (Å²) in [5, 5.41) is 11.9. The summed E-state index contributed by atoms with van der Waals surface area (Å²) < 4.78 is 6.98. The van der Waals surface area contributed by atoms with Crippen molar-refractivity contribution in [3.63, 3.8) is 0 Å². The Kier molecular flexibility index (Phi) is 3.53. The quantitative estimate of drug-likeness (QED) is 0.846. The third kappa shape index (κ3) is 2.58. The molecule has 0 bridgehead atoms. The molecule has 0 fully saturated rings. The van der Waals surface area contributed by atoms with Crippen LogP contribution in [0.5, 0.6) is 0 Å². The van der Waals surface area contributed by atoms with Crippen molar-refractivity contribution in [2.24, 2.45) is 0 Å². The lowest BCUT2D eigenvalue weighted by atomic mass is 10.0. The number of anilines is 1. The Labute approximate surface area is 112 Å². The molecule has 6 heteroatoms. The summed E-state index contributed by atoms with van der Waals surface area (Å²) in [7, 11) is 1.66. The minimum Gasteiger partial charge on any atom is -0.398 e. The molecule has 0 aliphatic rings. The molecule has 6 nitrogen and oxygen atoms in total. The summed E-state index contributed by atoms with van der Waals surface area (Å²) in [6.45, 7) is 6.55. The molecule has 2 aromatic rings. The molecule has 2 N–H and O–H groups in total. The maximum atomic E-state index is 6.03. The highest BCUT2D eigenvalue weighted by Crippen LogP contribution is 2.28. The first kappa shape index (κ1) is 13.5. The minimum absolute atomic E-state index is 0.343. The lowest BCUT2D eigenvalue weighted by Crippen LogP contribution is -2.33. The molecule has 0 aliphatic heterocycles. The van der Waals surface area contributed by atoms with E-state index in [2.05, 4.69) is 15.5 Å². The van der Waals surface area contributed by atoms with Gasteiger partial charge in [-0.15, -0.1) is 5.10 Å². The molecule has 102 valence electrons. The zero-order chi connectivity index (χ0) is 14.0. The standard InChI is InChI=1S/C13H19N5O/c1-9-5-6-11(14)10(7-9)12-15-16-17-18(12)13(2,3)8-19-4/h5-7H,8,14H2,1-4H3. The summed E-state index contributed by atoms with van der Waals surface area (Å²) in [5.74, 6) is 0.656. The molecule has 19 heavy (non-hydrogen) atoms. The van der Waals surface area contributed by atoms with E-state index < -0.39 is 0 Å². The Hall–Kier alpha value is -1.95. The fourth-order valence-corrected chi connectivity index (χ4v) is 2.04. The zero-order valence-corrected chi connectivity index (χ0v) is 11.7. The monoisotopic (exact) mass is 261 g/mol. The predicted octanol–water partition coefficient (Wildman–Crippen LogP) is 1.61. The van der Waals surface area contributed by atoms with E-state index >= 15 is 0 Å². The highest BCUT2D eigenvalue weighted by atomic mass is 16.5. The van der Waals surface area contributed by atoms with Crippen LogP contribution < -0.4 is 5.73 Å². The Balaban J connectivity index is 2.53.